The van der Waals surface area contributed by atoms with Gasteiger partial charge in [-0.1, -0.05) is 52.8 Å². The van der Waals surface area contributed by atoms with Crippen LogP contribution in [0.4, 0.5) is 14.5 Å². The number of anilines is 1. The quantitative estimate of drug-likeness (QED) is 0.228. The Bertz CT molecular complexity index is 1160. The number of halogens is 2. The summed E-state index contributed by atoms with van der Waals surface area (Å²) in [5.74, 6) is -0.816. The fraction of sp³-hybridized carbons (Fsp3) is 0.452. The molecule has 0 aliphatic heterocycles. The Morgan fingerprint density at radius 2 is 1.92 bits per heavy atom. The molecule has 2 N–H and O–H groups in total. The number of alkyl halides is 1. The van der Waals surface area contributed by atoms with Crippen molar-refractivity contribution in [3.63, 3.8) is 0 Å². The molecule has 0 aromatic heterocycles. The van der Waals surface area contributed by atoms with Crippen molar-refractivity contribution < 1.29 is 13.6 Å². The predicted molar refractivity (Wildman–Crippen MR) is 156 cm³/mol. The molecule has 1 aliphatic carbocycles. The van der Waals surface area contributed by atoms with Crippen molar-refractivity contribution in [2.45, 2.75) is 73.9 Å². The Balaban J connectivity index is 2.40. The van der Waals surface area contributed by atoms with Crippen LogP contribution in [0.1, 0.15) is 77.2 Å². The topological polar surface area (TPSA) is 65.8 Å². The van der Waals surface area contributed by atoms with Gasteiger partial charge in [0.05, 0.1) is 5.71 Å². The third-order valence-corrected chi connectivity index (χ3v) is 6.41. The molecule has 1 amide bonds. The summed E-state index contributed by atoms with van der Waals surface area (Å²) in [7, 11) is 0. The van der Waals surface area contributed by atoms with Crippen LogP contribution in [-0.2, 0) is 6.42 Å². The maximum absolute atomic E-state index is 14.9. The minimum Gasteiger partial charge on any atom is -0.352 e. The van der Waals surface area contributed by atoms with Gasteiger partial charge in [0.25, 0.3) is 5.91 Å². The van der Waals surface area contributed by atoms with Crippen LogP contribution in [0.2, 0.25) is 0 Å². The molecule has 0 saturated heterocycles. The predicted octanol–water partition coefficient (Wildman–Crippen LogP) is 7.89. The Kier molecular flexibility index (Phi) is 12.3. The van der Waals surface area contributed by atoms with Crippen LogP contribution in [0, 0.1) is 11.8 Å². The first-order chi connectivity index (χ1) is 18.2. The Labute approximate surface area is 226 Å². The highest BCUT2D eigenvalue weighted by molar-refractivity contribution is 6.45. The molecule has 1 aromatic rings. The van der Waals surface area contributed by atoms with Crippen molar-refractivity contribution in [3.05, 3.63) is 76.9 Å². The number of aliphatic imine (C=N–C) groups is 2. The van der Waals surface area contributed by atoms with E-state index in [0.717, 1.165) is 17.7 Å². The van der Waals surface area contributed by atoms with Crippen molar-refractivity contribution in [2.24, 2.45) is 21.8 Å². The van der Waals surface area contributed by atoms with E-state index in [1.54, 1.807) is 24.6 Å². The third-order valence-electron chi connectivity index (χ3n) is 6.41. The van der Waals surface area contributed by atoms with Crippen LogP contribution in [0.3, 0.4) is 0 Å². The van der Waals surface area contributed by atoms with Gasteiger partial charge in [-0.2, -0.15) is 0 Å². The van der Waals surface area contributed by atoms with Crippen LogP contribution in [0.5, 0.6) is 0 Å². The first-order valence-electron chi connectivity index (χ1n) is 13.5. The second-order valence-electron chi connectivity index (χ2n) is 9.61. The van der Waals surface area contributed by atoms with E-state index in [4.69, 9.17) is 0 Å². The number of amidine groups is 1. The van der Waals surface area contributed by atoms with E-state index in [0.29, 0.717) is 42.1 Å². The highest BCUT2D eigenvalue weighted by Gasteiger charge is 2.29. The van der Waals surface area contributed by atoms with Crippen molar-refractivity contribution in [3.8, 4) is 0 Å². The summed E-state index contributed by atoms with van der Waals surface area (Å²) in [6, 6.07) is 5.59. The number of benzene rings is 1. The van der Waals surface area contributed by atoms with Crippen molar-refractivity contribution in [2.75, 3.05) is 11.9 Å². The summed E-state index contributed by atoms with van der Waals surface area (Å²) in [6.45, 7) is 14.0. The monoisotopic (exact) mass is 524 g/mol. The summed E-state index contributed by atoms with van der Waals surface area (Å²) in [5.41, 5.74) is 3.81. The van der Waals surface area contributed by atoms with E-state index < -0.39 is 17.9 Å². The van der Waals surface area contributed by atoms with Gasteiger partial charge in [-0.15, -0.1) is 0 Å². The molecule has 0 radical (unpaired) electrons. The van der Waals surface area contributed by atoms with Gasteiger partial charge in [0, 0.05) is 41.7 Å². The molecule has 206 valence electrons. The second kappa shape index (κ2) is 15.2. The number of hydrogen-bond acceptors (Lipinski definition) is 3. The van der Waals surface area contributed by atoms with Crippen molar-refractivity contribution in [1.82, 2.24) is 5.32 Å². The summed E-state index contributed by atoms with van der Waals surface area (Å²) < 4.78 is 29.6. The molecule has 0 saturated carbocycles. The molecule has 5 nitrogen and oxygen atoms in total. The molecule has 1 aromatic carbocycles. The van der Waals surface area contributed by atoms with Gasteiger partial charge in [0.15, 0.2) is 12.0 Å². The number of carbonyl (C=O) groups is 1. The van der Waals surface area contributed by atoms with Gasteiger partial charge in [0.1, 0.15) is 5.83 Å². The Hall–Kier alpha value is -3.35. The molecule has 7 heteroatoms. The number of allylic oxidation sites excluding steroid dienone is 6. The van der Waals surface area contributed by atoms with E-state index >= 15 is 0 Å². The molecule has 2 atom stereocenters. The lowest BCUT2D eigenvalue weighted by Crippen LogP contribution is -2.25. The highest BCUT2D eigenvalue weighted by atomic mass is 19.2. The van der Waals surface area contributed by atoms with Gasteiger partial charge < -0.3 is 10.6 Å². The molecule has 0 bridgehead atoms. The molecule has 1 aliphatic rings. The summed E-state index contributed by atoms with van der Waals surface area (Å²) in [5, 5.41) is 6.23. The Morgan fingerprint density at radius 3 is 2.53 bits per heavy atom. The number of nitrogens with zero attached hydrogens (tertiary/aromatic N) is 2. The van der Waals surface area contributed by atoms with E-state index in [2.05, 4.69) is 20.6 Å². The zero-order chi connectivity index (χ0) is 28.2. The summed E-state index contributed by atoms with van der Waals surface area (Å²) >= 11 is 0. The standard InChI is InChI=1S/C31H42F2N4O/c1-8-16-34-30(37-24-13-15-25(23(11-4)18-24)31(38)35-17-9-2)21(7)36-19-27(20(5)6)26-14-12-22(10-3)28(32)29(26)33/h8,12-16,18-20,22,28H,9-11,17H2,1-7H3,(H,34,37)(H,35,38)/b16-8-,27-19+,36-21+. The maximum Gasteiger partial charge on any atom is 0.251 e. The molecule has 38 heavy (non-hydrogen) atoms. The number of aryl methyl sites for hydroxylation is 1. The molecule has 2 unspecified atom stereocenters. The van der Waals surface area contributed by atoms with Crippen LogP contribution in [0.15, 0.2) is 75.8 Å². The minimum atomic E-state index is -1.64. The largest absolute Gasteiger partial charge is 0.352 e. The first-order valence-corrected chi connectivity index (χ1v) is 13.5. The number of amides is 1. The van der Waals surface area contributed by atoms with Gasteiger partial charge in [-0.25, -0.2) is 13.8 Å². The third kappa shape index (κ3) is 8.07. The molecule has 0 spiro atoms. The van der Waals surface area contributed by atoms with Crippen molar-refractivity contribution >= 4 is 23.1 Å². The van der Waals surface area contributed by atoms with E-state index in [1.807, 2.05) is 72.7 Å². The minimum absolute atomic E-state index is 0.0651. The van der Waals surface area contributed by atoms with Crippen LogP contribution in [-0.4, -0.2) is 30.2 Å². The molecule has 0 heterocycles. The molecule has 2 rings (SSSR count). The molecular weight excluding hydrogens is 482 g/mol. The van der Waals surface area contributed by atoms with E-state index in [9.17, 15) is 13.6 Å². The number of nitrogens with one attached hydrogen (secondary N) is 2. The normalized spacial score (nSPS) is 19.1. The van der Waals surface area contributed by atoms with Gasteiger partial charge in [-0.05, 0) is 68.4 Å². The second-order valence-corrected chi connectivity index (χ2v) is 9.61. The molecular formula is C31H42F2N4O. The molecule has 0 fully saturated rings. The average molecular weight is 525 g/mol. The van der Waals surface area contributed by atoms with Gasteiger partial charge in [-0.3, -0.25) is 9.79 Å². The van der Waals surface area contributed by atoms with Crippen LogP contribution >= 0.6 is 0 Å². The fourth-order valence-electron chi connectivity index (χ4n) is 4.09. The van der Waals surface area contributed by atoms with E-state index in [-0.39, 0.29) is 17.4 Å². The van der Waals surface area contributed by atoms with Crippen molar-refractivity contribution in [1.29, 1.82) is 0 Å². The lowest BCUT2D eigenvalue weighted by Gasteiger charge is -2.23. The smallest absolute Gasteiger partial charge is 0.251 e. The van der Waals surface area contributed by atoms with Crippen LogP contribution in [0.25, 0.3) is 0 Å². The van der Waals surface area contributed by atoms with Gasteiger partial charge >= 0.3 is 0 Å². The lowest BCUT2D eigenvalue weighted by atomic mass is 9.86. The number of hydrogen-bond donors (Lipinski definition) is 2. The highest BCUT2D eigenvalue weighted by Crippen LogP contribution is 2.35. The Morgan fingerprint density at radius 1 is 1.18 bits per heavy atom. The van der Waals surface area contributed by atoms with Gasteiger partial charge in [0.2, 0.25) is 0 Å². The summed E-state index contributed by atoms with van der Waals surface area (Å²) in [4.78, 5) is 21.6. The summed E-state index contributed by atoms with van der Waals surface area (Å²) in [6.07, 6.45) is 8.95. The SMILES string of the molecule is C\C=C/N=C(Nc1ccc(C(=O)NCCC)c(CC)c1)\C(C)=N\C=C(\C1=C(F)C(F)C(CC)C=C1)C(C)C. The maximum atomic E-state index is 14.9. The zero-order valence-electron chi connectivity index (χ0n) is 23.7. The number of rotatable bonds is 11. The fourth-order valence-corrected chi connectivity index (χ4v) is 4.09. The average Bonchev–Trinajstić information content (AvgIpc) is 2.91. The zero-order valence-corrected chi connectivity index (χ0v) is 23.7. The number of carbonyl (C=O) groups excluding carboxylic acids is 1. The van der Waals surface area contributed by atoms with Crippen LogP contribution < -0.4 is 10.6 Å². The van der Waals surface area contributed by atoms with E-state index in [1.165, 1.54) is 0 Å². The first kappa shape index (κ1) is 30.9. The lowest BCUT2D eigenvalue weighted by molar-refractivity contribution is 0.0953.